The van der Waals surface area contributed by atoms with Crippen molar-refractivity contribution in [1.82, 2.24) is 19.3 Å². The maximum absolute atomic E-state index is 13.2. The molecule has 1 aliphatic rings. The molecular weight excluding hydrogens is 392 g/mol. The van der Waals surface area contributed by atoms with Crippen LogP contribution in [0, 0.1) is 13.8 Å². The van der Waals surface area contributed by atoms with E-state index < -0.39 is 0 Å². The van der Waals surface area contributed by atoms with Gasteiger partial charge in [0, 0.05) is 32.1 Å². The van der Waals surface area contributed by atoms with Gasteiger partial charge in [-0.1, -0.05) is 12.1 Å². The zero-order valence-electron chi connectivity index (χ0n) is 18.7. The highest BCUT2D eigenvalue weighted by Crippen LogP contribution is 2.23. The van der Waals surface area contributed by atoms with E-state index in [0.29, 0.717) is 12.4 Å². The molecule has 2 aromatic heterocycles. The van der Waals surface area contributed by atoms with E-state index in [0.717, 1.165) is 54.0 Å². The van der Waals surface area contributed by atoms with E-state index in [1.165, 1.54) is 0 Å². The smallest absolute Gasteiger partial charge is 0.294 e. The lowest BCUT2D eigenvalue weighted by molar-refractivity contribution is -0.116. The summed E-state index contributed by atoms with van der Waals surface area (Å²) in [6.45, 7) is 9.96. The molecule has 1 saturated heterocycles. The van der Waals surface area contributed by atoms with Crippen molar-refractivity contribution in [3.63, 3.8) is 0 Å². The van der Waals surface area contributed by atoms with Gasteiger partial charge in [-0.05, 0) is 52.7 Å². The molecule has 8 heteroatoms. The molecule has 0 unspecified atom stereocenters. The number of carbonyl (C=O) groups excluding carboxylic acids is 1. The Bertz CT molecular complexity index is 1170. The van der Waals surface area contributed by atoms with E-state index in [2.05, 4.69) is 34.1 Å². The second-order valence-corrected chi connectivity index (χ2v) is 8.46. The maximum Gasteiger partial charge on any atom is 0.294 e. The van der Waals surface area contributed by atoms with Gasteiger partial charge in [0.25, 0.3) is 5.56 Å². The van der Waals surface area contributed by atoms with Gasteiger partial charge in [0.15, 0.2) is 5.82 Å². The molecule has 4 rings (SSSR count). The minimum absolute atomic E-state index is 0.131. The van der Waals surface area contributed by atoms with E-state index in [1.54, 1.807) is 4.57 Å². The number of nitrogens with zero attached hydrogens (tertiary/aromatic N) is 5. The van der Waals surface area contributed by atoms with Crippen molar-refractivity contribution >= 4 is 28.4 Å². The average molecular weight is 423 g/mol. The number of aromatic nitrogens is 4. The summed E-state index contributed by atoms with van der Waals surface area (Å²) in [6.07, 6.45) is 2.33. The minimum atomic E-state index is -0.134. The van der Waals surface area contributed by atoms with Gasteiger partial charge in [-0.15, -0.1) is 0 Å². The van der Waals surface area contributed by atoms with Crippen molar-refractivity contribution in [3.05, 3.63) is 46.0 Å². The van der Waals surface area contributed by atoms with Crippen LogP contribution >= 0.6 is 0 Å². The summed E-state index contributed by atoms with van der Waals surface area (Å²) in [4.78, 5) is 32.7. The summed E-state index contributed by atoms with van der Waals surface area (Å²) in [7, 11) is 0. The molecule has 1 N–H and O–H groups in total. The Morgan fingerprint density at radius 3 is 2.55 bits per heavy atom. The number of nitrogens with one attached hydrogen (secondary N) is 1. The fraction of sp³-hybridized carbons (Fsp3) is 0.478. The molecule has 1 fully saturated rings. The highest BCUT2D eigenvalue weighted by molar-refractivity contribution is 5.92. The first-order chi connectivity index (χ1) is 14.9. The third kappa shape index (κ3) is 4.06. The van der Waals surface area contributed by atoms with Crippen LogP contribution in [0.1, 0.15) is 50.5 Å². The second kappa shape index (κ2) is 8.53. The van der Waals surface area contributed by atoms with Gasteiger partial charge in [-0.3, -0.25) is 14.3 Å². The van der Waals surface area contributed by atoms with E-state index in [1.807, 2.05) is 42.8 Å². The highest BCUT2D eigenvalue weighted by atomic mass is 16.2. The number of rotatable bonds is 6. The van der Waals surface area contributed by atoms with E-state index >= 15 is 0 Å². The van der Waals surface area contributed by atoms with Crippen molar-refractivity contribution in [1.29, 1.82) is 0 Å². The van der Waals surface area contributed by atoms with Gasteiger partial charge in [-0.2, -0.15) is 5.10 Å². The standard InChI is InChI=1S/C23H30N6O2/c1-15(2)29-17(4)21(16(3)26-29)25-20(30)11-14-28-19-10-6-5-9-18(19)24-22(23(28)31)27-12-7-8-13-27/h5-6,9-10,15H,7-8,11-14H2,1-4H3,(H,25,30). The monoisotopic (exact) mass is 422 g/mol. The van der Waals surface area contributed by atoms with Gasteiger partial charge >= 0.3 is 0 Å². The van der Waals surface area contributed by atoms with Crippen molar-refractivity contribution in [2.45, 2.75) is 59.5 Å². The van der Waals surface area contributed by atoms with Crippen LogP contribution in [0.3, 0.4) is 0 Å². The lowest BCUT2D eigenvalue weighted by Gasteiger charge is -2.19. The normalized spacial score (nSPS) is 14.0. The number of benzene rings is 1. The summed E-state index contributed by atoms with van der Waals surface area (Å²) >= 11 is 0. The lowest BCUT2D eigenvalue weighted by atomic mass is 10.2. The first kappa shape index (κ1) is 21.1. The van der Waals surface area contributed by atoms with Crippen LogP contribution in [-0.2, 0) is 11.3 Å². The van der Waals surface area contributed by atoms with E-state index in [-0.39, 0.29) is 23.9 Å². The van der Waals surface area contributed by atoms with E-state index in [9.17, 15) is 9.59 Å². The van der Waals surface area contributed by atoms with Crippen molar-refractivity contribution in [2.75, 3.05) is 23.3 Å². The Morgan fingerprint density at radius 2 is 1.87 bits per heavy atom. The Balaban J connectivity index is 1.58. The van der Waals surface area contributed by atoms with Gasteiger partial charge < -0.3 is 14.8 Å². The fourth-order valence-electron chi connectivity index (χ4n) is 4.30. The number of amides is 1. The zero-order valence-corrected chi connectivity index (χ0v) is 18.7. The van der Waals surface area contributed by atoms with Crippen LogP contribution in [-0.4, -0.2) is 38.3 Å². The molecule has 0 spiro atoms. The molecule has 8 nitrogen and oxygen atoms in total. The fourth-order valence-corrected chi connectivity index (χ4v) is 4.30. The van der Waals surface area contributed by atoms with Gasteiger partial charge in [-0.25, -0.2) is 4.98 Å². The molecule has 164 valence electrons. The molecule has 3 aromatic rings. The third-order valence-electron chi connectivity index (χ3n) is 5.88. The van der Waals surface area contributed by atoms with Crippen molar-refractivity contribution < 1.29 is 4.79 Å². The Hall–Kier alpha value is -3.16. The quantitative estimate of drug-likeness (QED) is 0.658. The van der Waals surface area contributed by atoms with Crippen LogP contribution < -0.4 is 15.8 Å². The van der Waals surface area contributed by atoms with Crippen LogP contribution in [0.2, 0.25) is 0 Å². The first-order valence-corrected chi connectivity index (χ1v) is 11.0. The highest BCUT2D eigenvalue weighted by Gasteiger charge is 2.21. The summed E-state index contributed by atoms with van der Waals surface area (Å²) in [6, 6.07) is 7.83. The lowest BCUT2D eigenvalue weighted by Crippen LogP contribution is -2.32. The van der Waals surface area contributed by atoms with Crippen molar-refractivity contribution in [2.24, 2.45) is 0 Å². The van der Waals surface area contributed by atoms with E-state index in [4.69, 9.17) is 0 Å². The largest absolute Gasteiger partial charge is 0.352 e. The Labute approximate surface area is 181 Å². The van der Waals surface area contributed by atoms with Crippen LogP contribution in [0.15, 0.2) is 29.1 Å². The van der Waals surface area contributed by atoms with Crippen molar-refractivity contribution in [3.8, 4) is 0 Å². The molecule has 0 atom stereocenters. The number of hydrogen-bond acceptors (Lipinski definition) is 5. The first-order valence-electron chi connectivity index (χ1n) is 11.0. The van der Waals surface area contributed by atoms with Gasteiger partial charge in [0.2, 0.25) is 5.91 Å². The third-order valence-corrected chi connectivity index (χ3v) is 5.88. The Kier molecular flexibility index (Phi) is 5.80. The predicted octanol–water partition coefficient (Wildman–Crippen LogP) is 3.42. The molecule has 0 saturated carbocycles. The van der Waals surface area contributed by atoms with Gasteiger partial charge in [0.1, 0.15) is 0 Å². The topological polar surface area (TPSA) is 85.0 Å². The Morgan fingerprint density at radius 1 is 1.16 bits per heavy atom. The molecule has 1 amide bonds. The molecule has 1 aliphatic heterocycles. The predicted molar refractivity (Wildman–Crippen MR) is 123 cm³/mol. The molecule has 0 radical (unpaired) electrons. The average Bonchev–Trinajstić information content (AvgIpc) is 3.37. The number of carbonyl (C=O) groups is 1. The van der Waals surface area contributed by atoms with Crippen LogP contribution in [0.5, 0.6) is 0 Å². The molecule has 3 heterocycles. The maximum atomic E-state index is 13.2. The molecule has 31 heavy (non-hydrogen) atoms. The molecule has 0 aliphatic carbocycles. The summed E-state index contributed by atoms with van der Waals surface area (Å²) in [5.41, 5.74) is 3.88. The summed E-state index contributed by atoms with van der Waals surface area (Å²) < 4.78 is 3.60. The van der Waals surface area contributed by atoms with Crippen LogP contribution in [0.25, 0.3) is 11.0 Å². The number of anilines is 2. The molecule has 1 aromatic carbocycles. The summed E-state index contributed by atoms with van der Waals surface area (Å²) in [5.74, 6) is 0.353. The van der Waals surface area contributed by atoms with Crippen LogP contribution in [0.4, 0.5) is 11.5 Å². The number of para-hydroxylation sites is 2. The minimum Gasteiger partial charge on any atom is -0.352 e. The molecular formula is C23H30N6O2. The number of aryl methyl sites for hydroxylation is 2. The molecule has 0 bridgehead atoms. The zero-order chi connectivity index (χ0) is 22.1. The second-order valence-electron chi connectivity index (χ2n) is 8.46. The number of fused-ring (bicyclic) bond motifs is 1. The SMILES string of the molecule is Cc1nn(C(C)C)c(C)c1NC(=O)CCn1c(=O)c(N2CCCC2)nc2ccccc21. The summed E-state index contributed by atoms with van der Waals surface area (Å²) in [5, 5.41) is 7.52. The van der Waals surface area contributed by atoms with Gasteiger partial charge in [0.05, 0.1) is 28.1 Å². The number of hydrogen-bond donors (Lipinski definition) is 1.